The first-order chi connectivity index (χ1) is 13.1. The molecular formula is C22H25FN2O2. The van der Waals surface area contributed by atoms with Gasteiger partial charge in [0, 0.05) is 29.9 Å². The van der Waals surface area contributed by atoms with Gasteiger partial charge in [0.2, 0.25) is 0 Å². The maximum Gasteiger partial charge on any atom is 0.258 e. The van der Waals surface area contributed by atoms with Crippen molar-refractivity contribution in [1.29, 1.82) is 0 Å². The van der Waals surface area contributed by atoms with Crippen LogP contribution < -0.4 is 10.2 Å². The van der Waals surface area contributed by atoms with Crippen molar-refractivity contribution in [2.45, 2.75) is 39.0 Å². The summed E-state index contributed by atoms with van der Waals surface area (Å²) in [6.07, 6.45) is 4.87. The fraction of sp³-hybridized carbons (Fsp3) is 0.364. The number of rotatable bonds is 6. The molecule has 0 aliphatic carbocycles. The molecule has 0 unspecified atom stereocenters. The van der Waals surface area contributed by atoms with E-state index >= 15 is 0 Å². The summed E-state index contributed by atoms with van der Waals surface area (Å²) in [5.74, 6) is -0.580. The molecule has 0 aromatic heterocycles. The van der Waals surface area contributed by atoms with Crippen molar-refractivity contribution >= 4 is 17.5 Å². The molecule has 2 aromatic carbocycles. The first-order valence-electron chi connectivity index (χ1n) is 9.58. The highest BCUT2D eigenvalue weighted by molar-refractivity contribution is 6.07. The summed E-state index contributed by atoms with van der Waals surface area (Å²) in [5.41, 5.74) is 2.92. The van der Waals surface area contributed by atoms with E-state index in [0.717, 1.165) is 43.4 Å². The maximum atomic E-state index is 13.1. The zero-order valence-electron chi connectivity index (χ0n) is 15.6. The Bertz CT molecular complexity index is 818. The van der Waals surface area contributed by atoms with E-state index < -0.39 is 0 Å². The van der Waals surface area contributed by atoms with Crippen molar-refractivity contribution in [1.82, 2.24) is 5.32 Å². The normalized spacial score (nSPS) is 13.2. The average molecular weight is 368 g/mol. The summed E-state index contributed by atoms with van der Waals surface area (Å²) < 4.78 is 13.1. The van der Waals surface area contributed by atoms with E-state index in [9.17, 15) is 14.0 Å². The number of carbonyl (C=O) groups excluding carboxylic acids is 2. The van der Waals surface area contributed by atoms with Crippen LogP contribution in [0.5, 0.6) is 0 Å². The molecule has 2 amide bonds. The summed E-state index contributed by atoms with van der Waals surface area (Å²) in [7, 11) is 0. The van der Waals surface area contributed by atoms with Crippen molar-refractivity contribution in [2.75, 3.05) is 18.0 Å². The number of carbonyl (C=O) groups is 2. The van der Waals surface area contributed by atoms with E-state index in [1.54, 1.807) is 11.0 Å². The lowest BCUT2D eigenvalue weighted by molar-refractivity contribution is 0.0952. The monoisotopic (exact) mass is 368 g/mol. The van der Waals surface area contributed by atoms with Crippen molar-refractivity contribution in [3.8, 4) is 0 Å². The van der Waals surface area contributed by atoms with Crippen LogP contribution in [0.2, 0.25) is 0 Å². The fourth-order valence-corrected chi connectivity index (χ4v) is 3.38. The van der Waals surface area contributed by atoms with Crippen LogP contribution in [-0.4, -0.2) is 24.9 Å². The Balaban J connectivity index is 1.75. The van der Waals surface area contributed by atoms with E-state index in [1.165, 1.54) is 24.3 Å². The van der Waals surface area contributed by atoms with E-state index in [2.05, 4.69) is 12.2 Å². The Kier molecular flexibility index (Phi) is 6.22. The van der Waals surface area contributed by atoms with Gasteiger partial charge in [-0.1, -0.05) is 19.8 Å². The molecule has 5 heteroatoms. The van der Waals surface area contributed by atoms with Crippen LogP contribution in [0.3, 0.4) is 0 Å². The molecule has 1 aliphatic heterocycles. The number of nitrogens with one attached hydrogen (secondary N) is 1. The molecule has 2 aromatic rings. The standard InChI is InChI=1S/C22H25FN2O2/c1-2-3-4-13-24-21(26)18-9-12-20-17(15-18)6-5-14-25(20)22(27)16-7-10-19(23)11-8-16/h7-12,15H,2-6,13-14H2,1H3,(H,24,26). The number of amides is 2. The molecule has 1 N–H and O–H groups in total. The molecule has 0 atom stereocenters. The van der Waals surface area contributed by atoms with Crippen molar-refractivity contribution in [3.63, 3.8) is 0 Å². The van der Waals surface area contributed by atoms with Gasteiger partial charge in [-0.05, 0) is 67.3 Å². The summed E-state index contributed by atoms with van der Waals surface area (Å²) in [4.78, 5) is 26.9. The topological polar surface area (TPSA) is 49.4 Å². The zero-order valence-corrected chi connectivity index (χ0v) is 15.6. The largest absolute Gasteiger partial charge is 0.352 e. The van der Waals surface area contributed by atoms with Gasteiger partial charge >= 0.3 is 0 Å². The first-order valence-corrected chi connectivity index (χ1v) is 9.58. The highest BCUT2D eigenvalue weighted by Crippen LogP contribution is 2.29. The minimum Gasteiger partial charge on any atom is -0.352 e. The summed E-state index contributed by atoms with van der Waals surface area (Å²) in [6.45, 7) is 3.43. The highest BCUT2D eigenvalue weighted by atomic mass is 19.1. The lowest BCUT2D eigenvalue weighted by Gasteiger charge is -2.30. The van der Waals surface area contributed by atoms with Crippen LogP contribution >= 0.6 is 0 Å². The first kappa shape index (κ1) is 19.1. The SMILES string of the molecule is CCCCCNC(=O)c1ccc2c(c1)CCCN2C(=O)c1ccc(F)cc1. The maximum absolute atomic E-state index is 13.1. The lowest BCUT2D eigenvalue weighted by Crippen LogP contribution is -2.35. The fourth-order valence-electron chi connectivity index (χ4n) is 3.38. The summed E-state index contributed by atoms with van der Waals surface area (Å²) in [5, 5.41) is 2.95. The van der Waals surface area contributed by atoms with Crippen LogP contribution in [0.1, 0.15) is 58.9 Å². The molecule has 0 spiro atoms. The third-order valence-corrected chi connectivity index (χ3v) is 4.86. The predicted octanol–water partition coefficient (Wildman–Crippen LogP) is 4.34. The van der Waals surface area contributed by atoms with Gasteiger partial charge in [-0.3, -0.25) is 9.59 Å². The average Bonchev–Trinajstić information content (AvgIpc) is 2.70. The van der Waals surface area contributed by atoms with Crippen LogP contribution in [0.4, 0.5) is 10.1 Å². The second kappa shape index (κ2) is 8.80. The van der Waals surface area contributed by atoms with Gasteiger partial charge in [0.25, 0.3) is 11.8 Å². The second-order valence-electron chi connectivity index (χ2n) is 6.87. The lowest BCUT2D eigenvalue weighted by atomic mass is 9.98. The third-order valence-electron chi connectivity index (χ3n) is 4.86. The van der Waals surface area contributed by atoms with Crippen LogP contribution in [0.25, 0.3) is 0 Å². The molecule has 0 bridgehead atoms. The van der Waals surface area contributed by atoms with Gasteiger partial charge in [-0.25, -0.2) is 4.39 Å². The van der Waals surface area contributed by atoms with Crippen LogP contribution in [0.15, 0.2) is 42.5 Å². The minimum atomic E-state index is -0.361. The molecule has 0 fully saturated rings. The zero-order chi connectivity index (χ0) is 19.2. The number of hydrogen-bond donors (Lipinski definition) is 1. The molecule has 142 valence electrons. The molecule has 0 radical (unpaired) electrons. The van der Waals surface area contributed by atoms with E-state index in [-0.39, 0.29) is 17.6 Å². The van der Waals surface area contributed by atoms with E-state index in [1.807, 2.05) is 12.1 Å². The Morgan fingerprint density at radius 3 is 2.56 bits per heavy atom. The highest BCUT2D eigenvalue weighted by Gasteiger charge is 2.24. The smallest absolute Gasteiger partial charge is 0.258 e. The molecule has 0 saturated heterocycles. The quantitative estimate of drug-likeness (QED) is 0.771. The molecule has 4 nitrogen and oxygen atoms in total. The molecule has 27 heavy (non-hydrogen) atoms. The van der Waals surface area contributed by atoms with Gasteiger partial charge in [-0.15, -0.1) is 0 Å². The van der Waals surface area contributed by atoms with Crippen molar-refractivity contribution < 1.29 is 14.0 Å². The van der Waals surface area contributed by atoms with Gasteiger partial charge in [0.05, 0.1) is 0 Å². The Morgan fingerprint density at radius 1 is 1.07 bits per heavy atom. The number of halogens is 1. The molecular weight excluding hydrogens is 343 g/mol. The van der Waals surface area contributed by atoms with E-state index in [0.29, 0.717) is 24.2 Å². The van der Waals surface area contributed by atoms with Gasteiger partial charge in [0.15, 0.2) is 0 Å². The van der Waals surface area contributed by atoms with Gasteiger partial charge < -0.3 is 10.2 Å². The molecule has 0 saturated carbocycles. The third kappa shape index (κ3) is 4.54. The Labute approximate surface area is 159 Å². The Morgan fingerprint density at radius 2 is 1.81 bits per heavy atom. The molecule has 1 aliphatic rings. The number of fused-ring (bicyclic) bond motifs is 1. The number of hydrogen-bond acceptors (Lipinski definition) is 2. The van der Waals surface area contributed by atoms with Gasteiger partial charge in [0.1, 0.15) is 5.82 Å². The summed E-state index contributed by atoms with van der Waals surface area (Å²) in [6, 6.07) is 11.1. The Hall–Kier alpha value is -2.69. The van der Waals surface area contributed by atoms with Crippen molar-refractivity contribution in [2.24, 2.45) is 0 Å². The van der Waals surface area contributed by atoms with Crippen LogP contribution in [0, 0.1) is 5.82 Å². The molecule has 3 rings (SSSR count). The van der Waals surface area contributed by atoms with Gasteiger partial charge in [-0.2, -0.15) is 0 Å². The molecule has 1 heterocycles. The minimum absolute atomic E-state index is 0.0733. The number of anilines is 1. The number of nitrogens with zero attached hydrogens (tertiary/aromatic N) is 1. The van der Waals surface area contributed by atoms with Crippen LogP contribution in [-0.2, 0) is 6.42 Å². The number of unbranched alkanes of at least 4 members (excludes halogenated alkanes) is 2. The van der Waals surface area contributed by atoms with E-state index in [4.69, 9.17) is 0 Å². The number of aryl methyl sites for hydroxylation is 1. The predicted molar refractivity (Wildman–Crippen MR) is 105 cm³/mol. The number of benzene rings is 2. The van der Waals surface area contributed by atoms with Crippen molar-refractivity contribution in [3.05, 3.63) is 65.0 Å². The summed E-state index contributed by atoms with van der Waals surface area (Å²) >= 11 is 0. The second-order valence-corrected chi connectivity index (χ2v) is 6.87.